The first-order valence-corrected chi connectivity index (χ1v) is 7.50. The van der Waals surface area contributed by atoms with E-state index in [2.05, 4.69) is 41.5 Å². The highest BCUT2D eigenvalue weighted by Gasteiger charge is 2.06. The normalized spacial score (nSPS) is 12.3. The zero-order valence-corrected chi connectivity index (χ0v) is 12.9. The number of nitrogens with zero attached hydrogens (tertiary/aromatic N) is 2. The molecule has 0 aliphatic rings. The van der Waals surface area contributed by atoms with Crippen LogP contribution in [0.3, 0.4) is 0 Å². The number of hydrogen-bond donors (Lipinski definition) is 1. The lowest BCUT2D eigenvalue weighted by atomic mass is 10.1. The van der Waals surface area contributed by atoms with E-state index in [-0.39, 0.29) is 0 Å². The van der Waals surface area contributed by atoms with E-state index in [0.717, 1.165) is 25.1 Å². The maximum absolute atomic E-state index is 5.65. The van der Waals surface area contributed by atoms with Crippen molar-refractivity contribution in [3.63, 3.8) is 0 Å². The molecule has 0 amide bonds. The molecule has 0 radical (unpaired) electrons. The van der Waals surface area contributed by atoms with Crippen LogP contribution < -0.4 is 10.1 Å². The van der Waals surface area contributed by atoms with Gasteiger partial charge in [0.2, 0.25) is 5.89 Å². The van der Waals surface area contributed by atoms with Crippen molar-refractivity contribution in [3.05, 3.63) is 41.6 Å². The highest BCUT2D eigenvalue weighted by atomic mass is 16.5. The molecule has 21 heavy (non-hydrogen) atoms. The maximum Gasteiger partial charge on any atom is 0.253 e. The molecule has 0 aliphatic heterocycles. The molecule has 0 saturated heterocycles. The topological polar surface area (TPSA) is 60.2 Å². The Kier molecular flexibility index (Phi) is 5.75. The van der Waals surface area contributed by atoms with Crippen molar-refractivity contribution in [2.45, 2.75) is 46.3 Å². The van der Waals surface area contributed by atoms with E-state index in [9.17, 15) is 0 Å². The van der Waals surface area contributed by atoms with Crippen LogP contribution in [-0.4, -0.2) is 16.7 Å². The largest absolute Gasteiger partial charge is 0.484 e. The standard InChI is InChI=1S/C16H23N3O2/c1-4-10-17-12(3)13-6-8-14(9-7-13)20-11-16-19-18-15(5-2)21-16/h6-9,12,17H,4-5,10-11H2,1-3H3. The molecule has 1 heterocycles. The van der Waals surface area contributed by atoms with Gasteiger partial charge >= 0.3 is 0 Å². The zero-order valence-electron chi connectivity index (χ0n) is 12.9. The fraction of sp³-hybridized carbons (Fsp3) is 0.500. The van der Waals surface area contributed by atoms with Crippen molar-refractivity contribution in [1.82, 2.24) is 15.5 Å². The minimum atomic E-state index is 0.302. The molecule has 0 saturated carbocycles. The lowest BCUT2D eigenvalue weighted by Gasteiger charge is -2.14. The SMILES string of the molecule is CCCNC(C)c1ccc(OCc2nnc(CC)o2)cc1. The number of nitrogens with one attached hydrogen (secondary N) is 1. The summed E-state index contributed by atoms with van der Waals surface area (Å²) in [5.74, 6) is 1.95. The Labute approximate surface area is 125 Å². The third-order valence-electron chi connectivity index (χ3n) is 3.25. The number of aromatic nitrogens is 2. The minimum absolute atomic E-state index is 0.302. The predicted octanol–water partition coefficient (Wildman–Crippen LogP) is 3.27. The second-order valence-electron chi connectivity index (χ2n) is 4.98. The van der Waals surface area contributed by atoms with Crippen LogP contribution in [0.5, 0.6) is 5.75 Å². The van der Waals surface area contributed by atoms with E-state index < -0.39 is 0 Å². The van der Waals surface area contributed by atoms with Gasteiger partial charge in [-0.25, -0.2) is 0 Å². The molecule has 1 N–H and O–H groups in total. The molecular weight excluding hydrogens is 266 g/mol. The molecule has 0 aliphatic carbocycles. The van der Waals surface area contributed by atoms with Crippen molar-refractivity contribution in [1.29, 1.82) is 0 Å². The average Bonchev–Trinajstić information content (AvgIpc) is 2.99. The summed E-state index contributed by atoms with van der Waals surface area (Å²) in [6.07, 6.45) is 1.87. The lowest BCUT2D eigenvalue weighted by molar-refractivity contribution is 0.259. The molecule has 5 heteroatoms. The Balaban J connectivity index is 1.87. The Morgan fingerprint density at radius 3 is 2.48 bits per heavy atom. The number of hydrogen-bond acceptors (Lipinski definition) is 5. The van der Waals surface area contributed by atoms with Crippen molar-refractivity contribution >= 4 is 0 Å². The summed E-state index contributed by atoms with van der Waals surface area (Å²) in [7, 11) is 0. The number of ether oxygens (including phenoxy) is 1. The summed E-state index contributed by atoms with van der Waals surface area (Å²) in [5.41, 5.74) is 1.25. The van der Waals surface area contributed by atoms with Gasteiger partial charge in [-0.15, -0.1) is 10.2 Å². The van der Waals surface area contributed by atoms with Crippen LogP contribution >= 0.6 is 0 Å². The second kappa shape index (κ2) is 7.78. The van der Waals surface area contributed by atoms with Crippen LogP contribution in [0.2, 0.25) is 0 Å². The van der Waals surface area contributed by atoms with Gasteiger partial charge in [-0.3, -0.25) is 0 Å². The lowest BCUT2D eigenvalue weighted by Crippen LogP contribution is -2.19. The number of benzene rings is 1. The summed E-state index contributed by atoms with van der Waals surface area (Å²) in [6, 6.07) is 8.44. The number of rotatable bonds is 8. The molecule has 1 atom stereocenters. The Morgan fingerprint density at radius 1 is 1.14 bits per heavy atom. The van der Waals surface area contributed by atoms with E-state index >= 15 is 0 Å². The summed E-state index contributed by atoms with van der Waals surface area (Å²) < 4.78 is 11.1. The zero-order chi connectivity index (χ0) is 15.1. The molecule has 5 nitrogen and oxygen atoms in total. The molecule has 1 aromatic heterocycles. The maximum atomic E-state index is 5.65. The van der Waals surface area contributed by atoms with E-state index in [1.807, 2.05) is 19.1 Å². The molecule has 2 aromatic rings. The van der Waals surface area contributed by atoms with E-state index in [1.165, 1.54) is 5.56 Å². The van der Waals surface area contributed by atoms with E-state index in [0.29, 0.717) is 24.4 Å². The first-order valence-electron chi connectivity index (χ1n) is 7.50. The summed E-state index contributed by atoms with van der Waals surface area (Å²) >= 11 is 0. The minimum Gasteiger partial charge on any atom is -0.484 e. The predicted molar refractivity (Wildman–Crippen MR) is 81.2 cm³/mol. The average molecular weight is 289 g/mol. The van der Waals surface area contributed by atoms with Gasteiger partial charge in [0.25, 0.3) is 5.89 Å². The third-order valence-corrected chi connectivity index (χ3v) is 3.25. The van der Waals surface area contributed by atoms with Crippen LogP contribution in [0.25, 0.3) is 0 Å². The van der Waals surface area contributed by atoms with Gasteiger partial charge in [-0.1, -0.05) is 26.0 Å². The van der Waals surface area contributed by atoms with E-state index in [4.69, 9.17) is 9.15 Å². The summed E-state index contributed by atoms with van der Waals surface area (Å²) in [4.78, 5) is 0. The number of aryl methyl sites for hydroxylation is 1. The highest BCUT2D eigenvalue weighted by Crippen LogP contribution is 2.18. The van der Waals surface area contributed by atoms with Crippen LogP contribution in [0, 0.1) is 0 Å². The van der Waals surface area contributed by atoms with Crippen molar-refractivity contribution in [2.75, 3.05) is 6.54 Å². The quantitative estimate of drug-likeness (QED) is 0.808. The van der Waals surface area contributed by atoms with Gasteiger partial charge in [-0.05, 0) is 37.6 Å². The van der Waals surface area contributed by atoms with Gasteiger partial charge in [0.15, 0.2) is 6.61 Å². The molecule has 0 spiro atoms. The fourth-order valence-electron chi connectivity index (χ4n) is 1.97. The molecule has 1 aromatic carbocycles. The smallest absolute Gasteiger partial charge is 0.253 e. The Morgan fingerprint density at radius 2 is 1.86 bits per heavy atom. The molecule has 0 fully saturated rings. The first kappa shape index (κ1) is 15.5. The monoisotopic (exact) mass is 289 g/mol. The van der Waals surface area contributed by atoms with E-state index in [1.54, 1.807) is 0 Å². The van der Waals surface area contributed by atoms with Crippen molar-refractivity contribution in [3.8, 4) is 5.75 Å². The molecular formula is C16H23N3O2. The second-order valence-corrected chi connectivity index (χ2v) is 4.98. The van der Waals surface area contributed by atoms with Gasteiger partial charge in [0.1, 0.15) is 5.75 Å². The Bertz CT molecular complexity index is 537. The summed E-state index contributed by atoms with van der Waals surface area (Å²) in [5, 5.41) is 11.3. The third kappa shape index (κ3) is 4.56. The highest BCUT2D eigenvalue weighted by molar-refractivity contribution is 5.28. The Hall–Kier alpha value is -1.88. The van der Waals surface area contributed by atoms with Crippen molar-refractivity contribution < 1.29 is 9.15 Å². The molecule has 114 valence electrons. The van der Waals surface area contributed by atoms with Crippen LogP contribution in [0.1, 0.15) is 50.6 Å². The van der Waals surface area contributed by atoms with Crippen LogP contribution in [-0.2, 0) is 13.0 Å². The van der Waals surface area contributed by atoms with Gasteiger partial charge in [-0.2, -0.15) is 0 Å². The molecule has 2 rings (SSSR count). The van der Waals surface area contributed by atoms with Crippen molar-refractivity contribution in [2.24, 2.45) is 0 Å². The van der Waals surface area contributed by atoms with Crippen LogP contribution in [0.15, 0.2) is 28.7 Å². The van der Waals surface area contributed by atoms with Crippen LogP contribution in [0.4, 0.5) is 0 Å². The summed E-state index contributed by atoms with van der Waals surface area (Å²) in [6.45, 7) is 7.63. The first-order chi connectivity index (χ1) is 10.2. The fourth-order valence-corrected chi connectivity index (χ4v) is 1.97. The molecule has 1 unspecified atom stereocenters. The van der Waals surface area contributed by atoms with Gasteiger partial charge in [0, 0.05) is 12.5 Å². The van der Waals surface area contributed by atoms with Gasteiger partial charge in [0.05, 0.1) is 0 Å². The molecule has 0 bridgehead atoms. The van der Waals surface area contributed by atoms with Gasteiger partial charge < -0.3 is 14.5 Å².